The van der Waals surface area contributed by atoms with E-state index in [-0.39, 0.29) is 23.8 Å². The molecule has 36 heavy (non-hydrogen) atoms. The van der Waals surface area contributed by atoms with Gasteiger partial charge < -0.3 is 15.0 Å². The Morgan fingerprint density at radius 1 is 1.14 bits per heavy atom. The zero-order valence-electron chi connectivity index (χ0n) is 22.6. The Labute approximate surface area is 217 Å². The van der Waals surface area contributed by atoms with Gasteiger partial charge in [-0.1, -0.05) is 12.2 Å². The second-order valence-corrected chi connectivity index (χ2v) is 12.1. The maximum atomic E-state index is 13.2. The molecular formula is C27H42N4O4S. The predicted octanol–water partition coefficient (Wildman–Crippen LogP) is 3.07. The molecule has 8 nitrogen and oxygen atoms in total. The number of hydrogen-bond donors (Lipinski definition) is 1. The average Bonchev–Trinajstić information content (AvgIpc) is 3.09. The summed E-state index contributed by atoms with van der Waals surface area (Å²) in [6.45, 7) is 5.79. The third-order valence-electron chi connectivity index (χ3n) is 7.28. The van der Waals surface area contributed by atoms with E-state index >= 15 is 0 Å². The SMILES string of the molecule is COc1cc(C)c(S(=O)(=O)N(C)CCC(=O)NC2=CCC(N3CCCC(N(C)C)CC3)C=C2)c(C)c1. The first-order valence-electron chi connectivity index (χ1n) is 12.7. The Morgan fingerprint density at radius 2 is 1.83 bits per heavy atom. The van der Waals surface area contributed by atoms with E-state index in [9.17, 15) is 13.2 Å². The number of amides is 1. The summed E-state index contributed by atoms with van der Waals surface area (Å²) in [5.74, 6) is 0.425. The van der Waals surface area contributed by atoms with Gasteiger partial charge in [-0.3, -0.25) is 9.69 Å². The van der Waals surface area contributed by atoms with Crippen molar-refractivity contribution in [3.05, 3.63) is 47.2 Å². The molecule has 1 heterocycles. The largest absolute Gasteiger partial charge is 0.497 e. The normalized spacial score (nSPS) is 21.4. The smallest absolute Gasteiger partial charge is 0.243 e. The molecule has 3 rings (SSSR count). The number of carbonyl (C=O) groups excluding carboxylic acids is 1. The van der Waals surface area contributed by atoms with Crippen LogP contribution in [0.4, 0.5) is 0 Å². The van der Waals surface area contributed by atoms with Crippen molar-refractivity contribution in [1.29, 1.82) is 0 Å². The molecule has 1 N–H and O–H groups in total. The first-order chi connectivity index (χ1) is 17.0. The minimum atomic E-state index is -3.73. The highest BCUT2D eigenvalue weighted by Crippen LogP contribution is 2.28. The van der Waals surface area contributed by atoms with Crippen molar-refractivity contribution < 1.29 is 17.9 Å². The van der Waals surface area contributed by atoms with Gasteiger partial charge >= 0.3 is 0 Å². The quantitative estimate of drug-likeness (QED) is 0.541. The van der Waals surface area contributed by atoms with E-state index < -0.39 is 10.0 Å². The molecule has 9 heteroatoms. The number of nitrogens with one attached hydrogen (secondary N) is 1. The number of ether oxygens (including phenoxy) is 1. The Morgan fingerprint density at radius 3 is 2.42 bits per heavy atom. The van der Waals surface area contributed by atoms with Crippen LogP contribution < -0.4 is 10.1 Å². The molecule has 0 radical (unpaired) electrons. The maximum absolute atomic E-state index is 13.2. The number of benzene rings is 1. The van der Waals surface area contributed by atoms with Gasteiger partial charge in [-0.2, -0.15) is 0 Å². The first kappa shape index (κ1) is 28.4. The van der Waals surface area contributed by atoms with Gasteiger partial charge in [0.2, 0.25) is 15.9 Å². The summed E-state index contributed by atoms with van der Waals surface area (Å²) in [7, 11) is 3.66. The van der Waals surface area contributed by atoms with Gasteiger partial charge in [-0.25, -0.2) is 12.7 Å². The van der Waals surface area contributed by atoms with Crippen LogP contribution >= 0.6 is 0 Å². The number of likely N-dealkylation sites (tertiary alicyclic amines) is 1. The van der Waals surface area contributed by atoms with Crippen LogP contribution in [0.2, 0.25) is 0 Å². The lowest BCUT2D eigenvalue weighted by molar-refractivity contribution is -0.120. The zero-order valence-corrected chi connectivity index (χ0v) is 23.4. The van der Waals surface area contributed by atoms with Gasteiger partial charge in [-0.15, -0.1) is 0 Å². The number of hydrogen-bond acceptors (Lipinski definition) is 6. The Balaban J connectivity index is 1.51. The summed E-state index contributed by atoms with van der Waals surface area (Å²) in [4.78, 5) is 17.7. The van der Waals surface area contributed by atoms with Crippen LogP contribution in [0.5, 0.6) is 5.75 Å². The number of sulfonamides is 1. The van der Waals surface area contributed by atoms with Crippen LogP contribution in [0.15, 0.2) is 41.0 Å². The lowest BCUT2D eigenvalue weighted by Crippen LogP contribution is -2.37. The highest BCUT2D eigenvalue weighted by molar-refractivity contribution is 7.89. The van der Waals surface area contributed by atoms with Gasteiger partial charge in [0.1, 0.15) is 5.75 Å². The van der Waals surface area contributed by atoms with Crippen molar-refractivity contribution in [1.82, 2.24) is 19.4 Å². The predicted molar refractivity (Wildman–Crippen MR) is 144 cm³/mol. The van der Waals surface area contributed by atoms with Gasteiger partial charge in [-0.05, 0) is 89.5 Å². The molecule has 0 bridgehead atoms. The van der Waals surface area contributed by atoms with Crippen LogP contribution in [0.1, 0.15) is 43.2 Å². The third-order valence-corrected chi connectivity index (χ3v) is 9.45. The van der Waals surface area contributed by atoms with Crippen LogP contribution in [0, 0.1) is 13.8 Å². The lowest BCUT2D eigenvalue weighted by Gasteiger charge is -2.30. The van der Waals surface area contributed by atoms with E-state index in [1.54, 1.807) is 33.1 Å². The van der Waals surface area contributed by atoms with Crippen molar-refractivity contribution in [3.8, 4) is 5.75 Å². The molecule has 2 unspecified atom stereocenters. The summed E-state index contributed by atoms with van der Waals surface area (Å²) < 4.78 is 32.8. The van der Waals surface area contributed by atoms with Crippen LogP contribution in [-0.2, 0) is 14.8 Å². The van der Waals surface area contributed by atoms with E-state index in [2.05, 4.69) is 41.4 Å². The van der Waals surface area contributed by atoms with E-state index in [0.29, 0.717) is 29.0 Å². The van der Waals surface area contributed by atoms with Gasteiger partial charge in [0.25, 0.3) is 0 Å². The van der Waals surface area contributed by atoms with Gasteiger partial charge in [0.05, 0.1) is 12.0 Å². The van der Waals surface area contributed by atoms with Gasteiger partial charge in [0, 0.05) is 44.3 Å². The second kappa shape index (κ2) is 12.4. The van der Waals surface area contributed by atoms with Crippen LogP contribution in [0.3, 0.4) is 0 Å². The minimum Gasteiger partial charge on any atom is -0.497 e. The number of carbonyl (C=O) groups is 1. The third kappa shape index (κ3) is 6.97. The van der Waals surface area contributed by atoms with E-state index in [1.807, 2.05) is 6.08 Å². The monoisotopic (exact) mass is 518 g/mol. The van der Waals surface area contributed by atoms with E-state index in [1.165, 1.54) is 30.6 Å². The first-order valence-corrected chi connectivity index (χ1v) is 14.2. The molecule has 1 fully saturated rings. The molecule has 200 valence electrons. The number of allylic oxidation sites excluding steroid dienone is 1. The lowest BCUT2D eigenvalue weighted by atomic mass is 10.0. The summed E-state index contributed by atoms with van der Waals surface area (Å²) in [6.07, 6.45) is 10.8. The van der Waals surface area contributed by atoms with Crippen molar-refractivity contribution >= 4 is 15.9 Å². The number of aryl methyl sites for hydroxylation is 2. The summed E-state index contributed by atoms with van der Waals surface area (Å²) in [6, 6.07) is 4.43. The van der Waals surface area contributed by atoms with E-state index in [0.717, 1.165) is 25.2 Å². The highest BCUT2D eigenvalue weighted by Gasteiger charge is 2.26. The zero-order chi connectivity index (χ0) is 26.5. The van der Waals surface area contributed by atoms with Crippen LogP contribution in [0.25, 0.3) is 0 Å². The molecule has 0 spiro atoms. The fourth-order valence-corrected chi connectivity index (χ4v) is 6.69. The summed E-state index contributed by atoms with van der Waals surface area (Å²) >= 11 is 0. The minimum absolute atomic E-state index is 0.0800. The average molecular weight is 519 g/mol. The van der Waals surface area contributed by atoms with E-state index in [4.69, 9.17) is 4.74 Å². The molecule has 0 saturated carbocycles. The standard InChI is InChI=1S/C27H42N4O4S/c1-20-18-25(35-6)19-21(2)27(20)36(33,34)30(5)16-14-26(32)28-22-9-11-24(12-10-22)31-15-7-8-23(13-17-31)29(3)4/h9-11,18-19,23-24H,7-8,12-17H2,1-6H3,(H,28,32). The second-order valence-electron chi connectivity index (χ2n) is 10.1. The molecular weight excluding hydrogens is 476 g/mol. The molecule has 0 aromatic heterocycles. The molecule has 2 aliphatic rings. The summed E-state index contributed by atoms with van der Waals surface area (Å²) in [5.41, 5.74) is 2.03. The molecule has 2 atom stereocenters. The molecule has 1 amide bonds. The Kier molecular flexibility index (Phi) is 9.74. The maximum Gasteiger partial charge on any atom is 0.243 e. The Bertz CT molecular complexity index is 1070. The van der Waals surface area contributed by atoms with Crippen molar-refractivity contribution in [2.45, 2.75) is 62.9 Å². The fraction of sp³-hybridized carbons (Fsp3) is 0.593. The van der Waals surface area contributed by atoms with Gasteiger partial charge in [0.15, 0.2) is 0 Å². The molecule has 1 aromatic rings. The molecule has 1 saturated heterocycles. The molecule has 1 aliphatic heterocycles. The number of methoxy groups -OCH3 is 1. The number of rotatable bonds is 9. The fourth-order valence-electron chi connectivity index (χ4n) is 5.12. The molecule has 1 aromatic carbocycles. The van der Waals surface area contributed by atoms with Crippen molar-refractivity contribution in [3.63, 3.8) is 0 Å². The van der Waals surface area contributed by atoms with Crippen molar-refractivity contribution in [2.24, 2.45) is 0 Å². The topological polar surface area (TPSA) is 82.2 Å². The van der Waals surface area contributed by atoms with Crippen LogP contribution in [-0.4, -0.2) is 88.4 Å². The molecule has 1 aliphatic carbocycles. The Hall–Kier alpha value is -2.20. The van der Waals surface area contributed by atoms with Crippen molar-refractivity contribution in [2.75, 3.05) is 47.9 Å². The highest BCUT2D eigenvalue weighted by atomic mass is 32.2. The number of nitrogens with zero attached hydrogens (tertiary/aromatic N) is 3. The summed E-state index contributed by atoms with van der Waals surface area (Å²) in [5, 5.41) is 2.93.